The van der Waals surface area contributed by atoms with Crippen LogP contribution >= 0.6 is 0 Å². The summed E-state index contributed by atoms with van der Waals surface area (Å²) in [5.41, 5.74) is 5.20. The van der Waals surface area contributed by atoms with Gasteiger partial charge < -0.3 is 19.8 Å². The molecule has 9 nitrogen and oxygen atoms in total. The molecule has 0 aromatic carbocycles. The summed E-state index contributed by atoms with van der Waals surface area (Å²) in [6.45, 7) is 2.26. The second-order valence-corrected chi connectivity index (χ2v) is 5.42. The number of hydrogen-bond acceptors (Lipinski definition) is 8. The summed E-state index contributed by atoms with van der Waals surface area (Å²) in [5, 5.41) is 0. The Kier molecular flexibility index (Phi) is 9.38. The maximum Gasteiger partial charge on any atom is 0.341 e. The van der Waals surface area contributed by atoms with Crippen molar-refractivity contribution in [2.24, 2.45) is 5.73 Å². The predicted octanol–water partition coefficient (Wildman–Crippen LogP) is -1.83. The molecule has 126 valence electrons. The number of carbonyl (C=O) groups excluding carboxylic acids is 4. The van der Waals surface area contributed by atoms with E-state index < -0.39 is 53.3 Å². The quantitative estimate of drug-likeness (QED) is 0.310. The lowest BCUT2D eigenvalue weighted by Gasteiger charge is -2.26. The first-order valence-corrected chi connectivity index (χ1v) is 8.21. The van der Waals surface area contributed by atoms with Crippen molar-refractivity contribution in [2.75, 3.05) is 31.8 Å². The Balaban J connectivity index is 5.61. The molecule has 0 rings (SSSR count). The number of imide groups is 1. The van der Waals surface area contributed by atoms with Crippen molar-refractivity contribution in [1.82, 2.24) is 4.90 Å². The summed E-state index contributed by atoms with van der Waals surface area (Å²) in [6, 6.07) is -1.90. The molecule has 0 saturated heterocycles. The van der Waals surface area contributed by atoms with Gasteiger partial charge in [0.1, 0.15) is 0 Å². The SMILES string of the molecule is CCOC(=O)C(C(=O)OCC)N(C(=O)CN)C(=O)C[S+](C)[O-]. The molecule has 0 aliphatic rings. The maximum absolute atomic E-state index is 12.1. The number of esters is 2. The summed E-state index contributed by atoms with van der Waals surface area (Å²) in [4.78, 5) is 48.1. The lowest BCUT2D eigenvalue weighted by molar-refractivity contribution is -0.171. The third kappa shape index (κ3) is 6.00. The fraction of sp³-hybridized carbons (Fsp3) is 0.667. The topological polar surface area (TPSA) is 139 Å². The molecule has 0 aliphatic heterocycles. The summed E-state index contributed by atoms with van der Waals surface area (Å²) >= 11 is -1.57. The fourth-order valence-corrected chi connectivity index (χ4v) is 2.01. The summed E-state index contributed by atoms with van der Waals surface area (Å²) in [7, 11) is 0. The van der Waals surface area contributed by atoms with Crippen LogP contribution in [0.25, 0.3) is 0 Å². The van der Waals surface area contributed by atoms with Gasteiger partial charge >= 0.3 is 11.9 Å². The molecule has 0 aromatic heterocycles. The van der Waals surface area contributed by atoms with E-state index in [-0.39, 0.29) is 13.2 Å². The van der Waals surface area contributed by atoms with Gasteiger partial charge in [0, 0.05) is 0 Å². The van der Waals surface area contributed by atoms with Crippen molar-refractivity contribution in [2.45, 2.75) is 19.9 Å². The molecular weight excluding hydrogens is 316 g/mol. The number of nitrogens with zero attached hydrogens (tertiary/aromatic N) is 1. The van der Waals surface area contributed by atoms with E-state index >= 15 is 0 Å². The minimum atomic E-state index is -1.90. The zero-order valence-corrected chi connectivity index (χ0v) is 13.5. The lowest BCUT2D eigenvalue weighted by atomic mass is 10.2. The van der Waals surface area contributed by atoms with Gasteiger partial charge in [-0.2, -0.15) is 0 Å². The predicted molar refractivity (Wildman–Crippen MR) is 76.9 cm³/mol. The summed E-state index contributed by atoms with van der Waals surface area (Å²) in [5.74, 6) is -4.71. The van der Waals surface area contributed by atoms with E-state index in [2.05, 4.69) is 0 Å². The van der Waals surface area contributed by atoms with Crippen LogP contribution in [0.4, 0.5) is 0 Å². The number of carbonyl (C=O) groups is 4. The Bertz CT molecular complexity index is 410. The minimum absolute atomic E-state index is 0.0622. The molecule has 10 heteroatoms. The first-order chi connectivity index (χ1) is 10.3. The molecule has 22 heavy (non-hydrogen) atoms. The molecule has 2 amide bonds. The van der Waals surface area contributed by atoms with E-state index in [9.17, 15) is 23.7 Å². The van der Waals surface area contributed by atoms with Gasteiger partial charge in [0.25, 0.3) is 5.91 Å². The van der Waals surface area contributed by atoms with Crippen LogP contribution in [0.1, 0.15) is 13.8 Å². The molecule has 0 saturated carbocycles. The Morgan fingerprint density at radius 2 is 1.55 bits per heavy atom. The van der Waals surface area contributed by atoms with Gasteiger partial charge in [-0.05, 0) is 25.0 Å². The van der Waals surface area contributed by atoms with Crippen molar-refractivity contribution < 1.29 is 33.2 Å². The zero-order valence-electron chi connectivity index (χ0n) is 12.7. The third-order valence-corrected chi connectivity index (χ3v) is 2.97. The van der Waals surface area contributed by atoms with Crippen LogP contribution in [0.5, 0.6) is 0 Å². The smallest absolute Gasteiger partial charge is 0.341 e. The van der Waals surface area contributed by atoms with Crippen LogP contribution in [0.15, 0.2) is 0 Å². The van der Waals surface area contributed by atoms with Crippen molar-refractivity contribution in [3.8, 4) is 0 Å². The van der Waals surface area contributed by atoms with Gasteiger partial charge in [0.15, 0.2) is 5.75 Å². The Hall–Kier alpha value is -1.65. The number of hydrogen-bond donors (Lipinski definition) is 1. The van der Waals surface area contributed by atoms with Crippen LogP contribution in [-0.4, -0.2) is 71.0 Å². The highest BCUT2D eigenvalue weighted by Crippen LogP contribution is 2.08. The van der Waals surface area contributed by atoms with Gasteiger partial charge in [-0.1, -0.05) is 0 Å². The Morgan fingerprint density at radius 1 is 1.09 bits per heavy atom. The minimum Gasteiger partial charge on any atom is -0.616 e. The molecule has 0 bridgehead atoms. The van der Waals surface area contributed by atoms with Gasteiger partial charge in [-0.3, -0.25) is 14.5 Å². The second-order valence-electron chi connectivity index (χ2n) is 3.99. The van der Waals surface area contributed by atoms with E-state index in [1.54, 1.807) is 0 Å². The molecule has 0 aromatic rings. The second kappa shape index (κ2) is 10.1. The molecular formula is C12H20N2O7S. The van der Waals surface area contributed by atoms with Gasteiger partial charge in [-0.25, -0.2) is 9.59 Å². The lowest BCUT2D eigenvalue weighted by Crippen LogP contribution is -2.56. The molecule has 0 fully saturated rings. The summed E-state index contributed by atoms with van der Waals surface area (Å²) < 4.78 is 20.6. The van der Waals surface area contributed by atoms with Crippen molar-refractivity contribution in [3.05, 3.63) is 0 Å². The molecule has 0 radical (unpaired) electrons. The number of rotatable bonds is 8. The Labute approximate surface area is 131 Å². The monoisotopic (exact) mass is 336 g/mol. The average molecular weight is 336 g/mol. The largest absolute Gasteiger partial charge is 0.616 e. The first kappa shape index (κ1) is 20.3. The van der Waals surface area contributed by atoms with Gasteiger partial charge in [0.2, 0.25) is 11.9 Å². The van der Waals surface area contributed by atoms with E-state index in [1.807, 2.05) is 0 Å². The van der Waals surface area contributed by atoms with E-state index in [0.717, 1.165) is 0 Å². The first-order valence-electron chi connectivity index (χ1n) is 6.48. The van der Waals surface area contributed by atoms with E-state index in [4.69, 9.17) is 15.2 Å². The standard InChI is InChI=1S/C12H20N2O7S/c1-4-20-11(17)10(12(18)21-5-2)14(8(15)6-13)9(16)7-22(3)19/h10H,4-7,13H2,1-3H3. The Morgan fingerprint density at radius 3 is 1.86 bits per heavy atom. The van der Waals surface area contributed by atoms with Crippen molar-refractivity contribution in [3.63, 3.8) is 0 Å². The molecule has 0 heterocycles. The van der Waals surface area contributed by atoms with Crippen molar-refractivity contribution in [1.29, 1.82) is 0 Å². The third-order valence-electron chi connectivity index (χ3n) is 2.32. The van der Waals surface area contributed by atoms with E-state index in [1.165, 1.54) is 20.1 Å². The molecule has 1 unspecified atom stereocenters. The van der Waals surface area contributed by atoms with Crippen LogP contribution in [0.3, 0.4) is 0 Å². The van der Waals surface area contributed by atoms with Gasteiger partial charge in [-0.15, -0.1) is 0 Å². The highest BCUT2D eigenvalue weighted by molar-refractivity contribution is 7.91. The molecule has 0 aliphatic carbocycles. The number of ether oxygens (including phenoxy) is 2. The maximum atomic E-state index is 12.1. The average Bonchev–Trinajstić information content (AvgIpc) is 2.43. The molecule has 1 atom stereocenters. The van der Waals surface area contributed by atoms with Crippen LogP contribution in [-0.2, 0) is 39.8 Å². The van der Waals surface area contributed by atoms with Gasteiger partial charge in [0.05, 0.1) is 26.0 Å². The highest BCUT2D eigenvalue weighted by Gasteiger charge is 2.42. The van der Waals surface area contributed by atoms with Crippen molar-refractivity contribution >= 4 is 34.9 Å². The number of nitrogens with two attached hydrogens (primary N) is 1. The zero-order chi connectivity index (χ0) is 17.3. The van der Waals surface area contributed by atoms with Crippen LogP contribution in [0.2, 0.25) is 0 Å². The fourth-order valence-electron chi connectivity index (χ4n) is 1.52. The number of amides is 2. The molecule has 2 N–H and O–H groups in total. The highest BCUT2D eigenvalue weighted by atomic mass is 32.2. The van der Waals surface area contributed by atoms with E-state index in [0.29, 0.717) is 4.90 Å². The van der Waals surface area contributed by atoms with Crippen LogP contribution < -0.4 is 5.73 Å². The van der Waals surface area contributed by atoms with Crippen LogP contribution in [0, 0.1) is 0 Å². The summed E-state index contributed by atoms with van der Waals surface area (Å²) in [6.07, 6.45) is 1.24. The molecule has 0 spiro atoms. The normalized spacial score (nSPS) is 11.7.